The van der Waals surface area contributed by atoms with E-state index in [4.69, 9.17) is 19.3 Å². The van der Waals surface area contributed by atoms with Crippen LogP contribution < -0.4 is 4.74 Å². The topological polar surface area (TPSA) is 123 Å². The number of carbonyl (C=O) groups is 2. The first-order valence-electron chi connectivity index (χ1n) is 10.2. The number of aryl methyl sites for hydroxylation is 2. The monoisotopic (exact) mass is 472 g/mol. The molecular formula is C21H32N2O8S. The molecule has 180 valence electrons. The van der Waals surface area contributed by atoms with Crippen molar-refractivity contribution in [3.8, 4) is 5.75 Å². The van der Waals surface area contributed by atoms with Gasteiger partial charge in [-0.05, 0) is 57.9 Å². The van der Waals surface area contributed by atoms with Gasteiger partial charge in [-0.2, -0.15) is 4.31 Å². The van der Waals surface area contributed by atoms with Gasteiger partial charge in [0.15, 0.2) is 0 Å². The molecule has 1 heterocycles. The number of carbonyl (C=O) groups excluding carboxylic acids is 1. The Hall–Kier alpha value is -2.37. The Kier molecular flexibility index (Phi) is 8.13. The van der Waals surface area contributed by atoms with Crippen molar-refractivity contribution in [2.24, 2.45) is 0 Å². The molecule has 10 nitrogen and oxygen atoms in total. The van der Waals surface area contributed by atoms with Crippen LogP contribution >= 0.6 is 0 Å². The highest BCUT2D eigenvalue weighted by atomic mass is 32.2. The fourth-order valence-corrected chi connectivity index (χ4v) is 5.63. The van der Waals surface area contributed by atoms with Crippen molar-refractivity contribution in [1.82, 2.24) is 9.21 Å². The average Bonchev–Trinajstić information content (AvgIpc) is 2.65. The van der Waals surface area contributed by atoms with Gasteiger partial charge in [-0.15, -0.1) is 0 Å². The fourth-order valence-electron chi connectivity index (χ4n) is 3.62. The maximum absolute atomic E-state index is 13.6. The van der Waals surface area contributed by atoms with E-state index in [1.807, 2.05) is 0 Å². The minimum absolute atomic E-state index is 0.0159. The molecule has 1 atom stereocenters. The van der Waals surface area contributed by atoms with Gasteiger partial charge in [0.1, 0.15) is 18.0 Å². The molecule has 11 heteroatoms. The van der Waals surface area contributed by atoms with Crippen molar-refractivity contribution in [3.63, 3.8) is 0 Å². The van der Waals surface area contributed by atoms with Crippen molar-refractivity contribution >= 4 is 22.1 Å². The van der Waals surface area contributed by atoms with Crippen molar-refractivity contribution in [2.45, 2.75) is 51.2 Å². The van der Waals surface area contributed by atoms with Crippen molar-refractivity contribution in [1.29, 1.82) is 0 Å². The van der Waals surface area contributed by atoms with Gasteiger partial charge in [0.25, 0.3) is 0 Å². The lowest BCUT2D eigenvalue weighted by Gasteiger charge is -2.40. The van der Waals surface area contributed by atoms with Crippen LogP contribution in [-0.4, -0.2) is 86.4 Å². The van der Waals surface area contributed by atoms with E-state index in [1.165, 1.54) is 16.3 Å². The number of piperazine rings is 1. The average molecular weight is 473 g/mol. The van der Waals surface area contributed by atoms with Crippen LogP contribution in [-0.2, 0) is 24.3 Å². The second-order valence-corrected chi connectivity index (χ2v) is 10.5. The van der Waals surface area contributed by atoms with E-state index in [1.54, 1.807) is 46.8 Å². The molecule has 1 aliphatic heterocycles. The number of rotatable bonds is 7. The number of hydrogen-bond donors (Lipinski definition) is 1. The van der Waals surface area contributed by atoms with Crippen LogP contribution in [0.5, 0.6) is 5.75 Å². The van der Waals surface area contributed by atoms with Gasteiger partial charge in [-0.3, -0.25) is 0 Å². The molecule has 1 aliphatic rings. The molecule has 1 N–H and O–H groups in total. The Morgan fingerprint density at radius 2 is 1.75 bits per heavy atom. The third-order valence-electron chi connectivity index (χ3n) is 4.85. The zero-order valence-corrected chi connectivity index (χ0v) is 20.2. The summed E-state index contributed by atoms with van der Waals surface area (Å²) in [5.74, 6) is -0.615. The number of methoxy groups -OCH3 is 1. The summed E-state index contributed by atoms with van der Waals surface area (Å²) in [4.78, 5) is 25.0. The van der Waals surface area contributed by atoms with E-state index >= 15 is 0 Å². The van der Waals surface area contributed by atoms with Crippen LogP contribution in [0.1, 0.15) is 31.9 Å². The van der Waals surface area contributed by atoms with Crippen molar-refractivity contribution < 1.29 is 37.3 Å². The maximum Gasteiger partial charge on any atom is 0.410 e. The molecule has 0 radical (unpaired) electrons. The second kappa shape index (κ2) is 10.1. The van der Waals surface area contributed by atoms with Crippen LogP contribution in [0.2, 0.25) is 0 Å². The second-order valence-electron chi connectivity index (χ2n) is 8.70. The summed E-state index contributed by atoms with van der Waals surface area (Å²) >= 11 is 0. The Labute approximate surface area is 189 Å². The summed E-state index contributed by atoms with van der Waals surface area (Å²) in [5, 5.41) is 8.88. The van der Waals surface area contributed by atoms with Gasteiger partial charge >= 0.3 is 12.1 Å². The van der Waals surface area contributed by atoms with Crippen molar-refractivity contribution in [3.05, 3.63) is 23.3 Å². The summed E-state index contributed by atoms with van der Waals surface area (Å²) in [6.07, 6.45) is -0.561. The van der Waals surface area contributed by atoms with Gasteiger partial charge in [0.2, 0.25) is 10.0 Å². The van der Waals surface area contributed by atoms with Crippen LogP contribution in [0.3, 0.4) is 0 Å². The van der Waals surface area contributed by atoms with Gasteiger partial charge in [-0.25, -0.2) is 18.0 Å². The Balaban J connectivity index is 2.35. The van der Waals surface area contributed by atoms with Crippen molar-refractivity contribution in [2.75, 3.05) is 40.0 Å². The molecule has 0 aliphatic carbocycles. The molecule has 0 aromatic heterocycles. The number of aliphatic carboxylic acids is 1. The largest absolute Gasteiger partial charge is 0.497 e. The summed E-state index contributed by atoms with van der Waals surface area (Å²) < 4.78 is 44.4. The minimum atomic E-state index is -3.96. The number of amides is 1. The molecule has 1 fully saturated rings. The quantitative estimate of drug-likeness (QED) is 0.639. The summed E-state index contributed by atoms with van der Waals surface area (Å²) in [6.45, 7) is 8.03. The van der Waals surface area contributed by atoms with E-state index in [0.29, 0.717) is 16.9 Å². The third-order valence-corrected chi connectivity index (χ3v) is 7.11. The number of ether oxygens (including phenoxy) is 3. The number of carboxylic acids is 1. The first-order valence-corrected chi connectivity index (χ1v) is 11.6. The van der Waals surface area contributed by atoms with Gasteiger partial charge in [0.05, 0.1) is 24.7 Å². The number of hydrogen-bond acceptors (Lipinski definition) is 7. The number of nitrogens with zero attached hydrogens (tertiary/aromatic N) is 2. The number of benzene rings is 1. The van der Waals surface area contributed by atoms with E-state index < -0.39 is 40.3 Å². The maximum atomic E-state index is 13.6. The molecule has 1 aromatic carbocycles. The normalized spacial score (nSPS) is 17.8. The van der Waals surface area contributed by atoms with E-state index in [0.717, 1.165) is 0 Å². The summed E-state index contributed by atoms with van der Waals surface area (Å²) in [5.41, 5.74) is 0.357. The predicted octanol–water partition coefficient (Wildman–Crippen LogP) is 2.02. The Bertz CT molecular complexity index is 932. The lowest BCUT2D eigenvalue weighted by Crippen LogP contribution is -2.58. The number of carboxylic acid groups (broad SMARTS) is 1. The van der Waals surface area contributed by atoms with Gasteiger partial charge in [0, 0.05) is 19.6 Å². The molecule has 32 heavy (non-hydrogen) atoms. The molecule has 0 saturated carbocycles. The van der Waals surface area contributed by atoms with Crippen LogP contribution in [0.25, 0.3) is 0 Å². The Morgan fingerprint density at radius 3 is 2.25 bits per heavy atom. The lowest BCUT2D eigenvalue weighted by molar-refractivity contribution is -0.142. The summed E-state index contributed by atoms with van der Waals surface area (Å²) in [7, 11) is -2.45. The molecule has 0 spiro atoms. The zero-order chi connectivity index (χ0) is 24.3. The molecule has 0 bridgehead atoms. The van der Waals surface area contributed by atoms with Gasteiger partial charge in [-0.1, -0.05) is 0 Å². The standard InChI is InChI=1S/C21H32N2O8S/c1-14-9-17(29-6)10-15(2)19(14)32(27,28)23-8-7-22(20(26)31-21(3,4)5)11-16(23)12-30-13-18(24)25/h9-10,16H,7-8,11-13H2,1-6H3,(H,24,25). The molecule has 1 aromatic rings. The lowest BCUT2D eigenvalue weighted by atomic mass is 10.1. The molecule has 1 amide bonds. The van der Waals surface area contributed by atoms with Crippen LogP contribution in [0.15, 0.2) is 17.0 Å². The van der Waals surface area contributed by atoms with Gasteiger partial charge < -0.3 is 24.2 Å². The van der Waals surface area contributed by atoms with E-state index in [2.05, 4.69) is 0 Å². The summed E-state index contributed by atoms with van der Waals surface area (Å²) in [6, 6.07) is 2.51. The molecule has 2 rings (SSSR count). The predicted molar refractivity (Wildman–Crippen MR) is 116 cm³/mol. The number of sulfonamides is 1. The smallest absolute Gasteiger partial charge is 0.410 e. The molecular weight excluding hydrogens is 440 g/mol. The van der Waals surface area contributed by atoms with Crippen LogP contribution in [0, 0.1) is 13.8 Å². The highest BCUT2D eigenvalue weighted by molar-refractivity contribution is 7.89. The first-order chi connectivity index (χ1) is 14.8. The SMILES string of the molecule is COc1cc(C)c(S(=O)(=O)N2CCN(C(=O)OC(C)(C)C)CC2COCC(=O)O)c(C)c1. The van der Waals surface area contributed by atoms with E-state index in [-0.39, 0.29) is 31.1 Å². The first kappa shape index (κ1) is 25.9. The third kappa shape index (κ3) is 6.33. The highest BCUT2D eigenvalue weighted by Gasteiger charge is 2.40. The fraction of sp³-hybridized carbons (Fsp3) is 0.619. The molecule has 1 unspecified atom stereocenters. The Morgan fingerprint density at radius 1 is 1.16 bits per heavy atom. The zero-order valence-electron chi connectivity index (χ0n) is 19.4. The van der Waals surface area contributed by atoms with Crippen LogP contribution in [0.4, 0.5) is 4.79 Å². The van der Waals surface area contributed by atoms with E-state index in [9.17, 15) is 18.0 Å². The minimum Gasteiger partial charge on any atom is -0.497 e. The highest BCUT2D eigenvalue weighted by Crippen LogP contribution is 2.30. The molecule has 1 saturated heterocycles.